The predicted molar refractivity (Wildman–Crippen MR) is 133 cm³/mol. The number of nitrogens with zero attached hydrogens (tertiary/aromatic N) is 1. The number of ether oxygens (including phenoxy) is 2. The van der Waals surface area contributed by atoms with Gasteiger partial charge in [0.25, 0.3) is 11.8 Å². The smallest absolute Gasteiger partial charge is 0.287 e. The quantitative estimate of drug-likeness (QED) is 0.307. The van der Waals surface area contributed by atoms with E-state index in [-0.39, 0.29) is 30.4 Å². The Morgan fingerprint density at radius 1 is 1.03 bits per heavy atom. The molecule has 3 aromatic rings. The fourth-order valence-corrected chi connectivity index (χ4v) is 4.54. The van der Waals surface area contributed by atoms with Crippen molar-refractivity contribution in [2.75, 3.05) is 19.6 Å². The summed E-state index contributed by atoms with van der Waals surface area (Å²) in [6, 6.07) is 14.5. The van der Waals surface area contributed by atoms with Gasteiger partial charge in [-0.25, -0.2) is 5.48 Å². The molecule has 0 spiro atoms. The molecule has 2 aliphatic rings. The summed E-state index contributed by atoms with van der Waals surface area (Å²) in [6.45, 7) is 4.29. The highest BCUT2D eigenvalue weighted by Gasteiger charge is 2.32. The topological polar surface area (TPSA) is 113 Å². The number of carbonyl (C=O) groups excluding carboxylic acids is 2. The minimum Gasteiger partial charge on any atom is -0.490 e. The molecule has 1 aliphatic heterocycles. The lowest BCUT2D eigenvalue weighted by molar-refractivity contribution is 0.0706. The lowest BCUT2D eigenvalue weighted by Crippen LogP contribution is -2.39. The first-order chi connectivity index (χ1) is 17.5. The van der Waals surface area contributed by atoms with Crippen molar-refractivity contribution in [1.29, 1.82) is 0 Å². The van der Waals surface area contributed by atoms with E-state index in [1.165, 1.54) is 25.0 Å². The molecule has 1 saturated heterocycles. The van der Waals surface area contributed by atoms with Crippen LogP contribution in [0.1, 0.15) is 53.5 Å². The second-order valence-corrected chi connectivity index (χ2v) is 9.50. The van der Waals surface area contributed by atoms with Crippen LogP contribution in [0.5, 0.6) is 11.5 Å². The van der Waals surface area contributed by atoms with Gasteiger partial charge in [-0.05, 0) is 81.1 Å². The third-order valence-corrected chi connectivity index (χ3v) is 6.66. The van der Waals surface area contributed by atoms with E-state index >= 15 is 0 Å². The number of carbonyl (C=O) groups is 2. The molecule has 0 bridgehead atoms. The number of likely N-dealkylation sites (tertiary alicyclic amines) is 1. The van der Waals surface area contributed by atoms with Gasteiger partial charge in [0.1, 0.15) is 29.3 Å². The molecule has 5 rings (SSSR count). The summed E-state index contributed by atoms with van der Waals surface area (Å²) in [6.07, 6.45) is 4.66. The molecule has 2 fully saturated rings. The summed E-state index contributed by atoms with van der Waals surface area (Å²) in [4.78, 5) is 26.6. The number of nitrogens with one attached hydrogen (secondary N) is 2. The van der Waals surface area contributed by atoms with Gasteiger partial charge in [0, 0.05) is 30.1 Å². The van der Waals surface area contributed by atoms with Crippen molar-refractivity contribution in [3.63, 3.8) is 0 Å². The van der Waals surface area contributed by atoms with E-state index in [2.05, 4.69) is 10.2 Å². The normalized spacial score (nSPS) is 17.5. The van der Waals surface area contributed by atoms with Crippen LogP contribution in [-0.4, -0.2) is 59.8 Å². The first-order valence-corrected chi connectivity index (χ1v) is 12.4. The fourth-order valence-electron chi connectivity index (χ4n) is 4.54. The molecule has 9 nitrogen and oxygen atoms in total. The van der Waals surface area contributed by atoms with E-state index in [4.69, 9.17) is 19.1 Å². The van der Waals surface area contributed by atoms with Crippen molar-refractivity contribution in [2.45, 2.75) is 50.9 Å². The Balaban J connectivity index is 1.12. The molecule has 1 atom stereocenters. The van der Waals surface area contributed by atoms with Gasteiger partial charge in [-0.15, -0.1) is 0 Å². The molecule has 2 aromatic carbocycles. The van der Waals surface area contributed by atoms with Crippen LogP contribution in [0.3, 0.4) is 0 Å². The van der Waals surface area contributed by atoms with Gasteiger partial charge in [-0.1, -0.05) is 0 Å². The average molecular weight is 494 g/mol. The third kappa shape index (κ3) is 5.80. The largest absolute Gasteiger partial charge is 0.490 e. The Hall–Kier alpha value is -3.56. The van der Waals surface area contributed by atoms with Gasteiger partial charge in [0.15, 0.2) is 5.76 Å². The summed E-state index contributed by atoms with van der Waals surface area (Å²) in [5.41, 5.74) is 2.52. The number of benzene rings is 2. The highest BCUT2D eigenvalue weighted by atomic mass is 16.5. The van der Waals surface area contributed by atoms with E-state index in [0.29, 0.717) is 16.9 Å². The first kappa shape index (κ1) is 24.1. The van der Waals surface area contributed by atoms with E-state index in [9.17, 15) is 9.59 Å². The summed E-state index contributed by atoms with van der Waals surface area (Å²) in [5.74, 6) is 0.643. The number of hydroxylamine groups is 1. The highest BCUT2D eigenvalue weighted by Crippen LogP contribution is 2.31. The van der Waals surface area contributed by atoms with Gasteiger partial charge in [0.2, 0.25) is 0 Å². The number of amides is 2. The van der Waals surface area contributed by atoms with E-state index < -0.39 is 5.91 Å². The molecule has 1 saturated carbocycles. The lowest BCUT2D eigenvalue weighted by atomic mass is 10.1. The summed E-state index contributed by atoms with van der Waals surface area (Å²) in [7, 11) is 0. The predicted octanol–water partition coefficient (Wildman–Crippen LogP) is 3.75. The zero-order valence-corrected chi connectivity index (χ0v) is 20.2. The maximum Gasteiger partial charge on any atom is 0.287 e. The number of furan rings is 1. The molecule has 2 amide bonds. The fraction of sp³-hybridized carbons (Fsp3) is 0.407. The minimum atomic E-state index is -0.597. The Kier molecular flexibility index (Phi) is 7.11. The van der Waals surface area contributed by atoms with Crippen LogP contribution in [0.25, 0.3) is 11.0 Å². The van der Waals surface area contributed by atoms with Crippen LogP contribution in [0.15, 0.2) is 52.9 Å². The molecule has 36 heavy (non-hydrogen) atoms. The van der Waals surface area contributed by atoms with Crippen LogP contribution in [0.4, 0.5) is 0 Å². The summed E-state index contributed by atoms with van der Waals surface area (Å²) in [5, 5.41) is 12.3. The molecule has 0 unspecified atom stereocenters. The Morgan fingerprint density at radius 2 is 1.75 bits per heavy atom. The molecular formula is C27H31N3O6. The van der Waals surface area contributed by atoms with Crippen LogP contribution in [0, 0.1) is 0 Å². The number of hydrogen-bond donors (Lipinski definition) is 3. The molecule has 2 heterocycles. The van der Waals surface area contributed by atoms with Crippen LogP contribution >= 0.6 is 0 Å². The third-order valence-electron chi connectivity index (χ3n) is 6.66. The Bertz CT molecular complexity index is 1210. The molecular weight excluding hydrogens is 462 g/mol. The molecule has 0 radical (unpaired) electrons. The van der Waals surface area contributed by atoms with E-state index in [0.717, 1.165) is 43.1 Å². The van der Waals surface area contributed by atoms with Crippen LogP contribution < -0.4 is 20.3 Å². The van der Waals surface area contributed by atoms with Gasteiger partial charge >= 0.3 is 0 Å². The number of rotatable bonds is 9. The first-order valence-electron chi connectivity index (χ1n) is 12.4. The van der Waals surface area contributed by atoms with Gasteiger partial charge < -0.3 is 24.1 Å². The standard InChI is InChI=1S/C27H31N3O6/c1-17(34-21-6-2-18(3-7-21)26(31)29-33)16-28-27(32)25-15-19-14-23(8-9-24(19)36-25)35-22-10-12-30(13-11-22)20-4-5-20/h2-3,6-9,14-15,17,20,22,33H,4-5,10-13,16H2,1H3,(H,28,32)(H,29,31)/t17-/m1/s1. The molecule has 9 heteroatoms. The zero-order chi connectivity index (χ0) is 25.1. The van der Waals surface area contributed by atoms with Crippen molar-refractivity contribution in [3.05, 3.63) is 59.9 Å². The van der Waals surface area contributed by atoms with Crippen molar-refractivity contribution >= 4 is 22.8 Å². The van der Waals surface area contributed by atoms with Crippen molar-refractivity contribution in [3.8, 4) is 11.5 Å². The maximum atomic E-state index is 12.7. The van der Waals surface area contributed by atoms with Crippen molar-refractivity contribution in [2.24, 2.45) is 0 Å². The van der Waals surface area contributed by atoms with E-state index in [1.807, 2.05) is 25.1 Å². The summed E-state index contributed by atoms with van der Waals surface area (Å²) < 4.78 is 17.7. The lowest BCUT2D eigenvalue weighted by Gasteiger charge is -2.32. The van der Waals surface area contributed by atoms with Gasteiger partial charge in [-0.2, -0.15) is 0 Å². The SMILES string of the molecule is C[C@H](CNC(=O)c1cc2cc(OC3CCN(C4CC4)CC3)ccc2o1)Oc1ccc(C(=O)NO)cc1. The average Bonchev–Trinajstić information content (AvgIpc) is 3.66. The minimum absolute atomic E-state index is 0.219. The second-order valence-electron chi connectivity index (χ2n) is 9.50. The summed E-state index contributed by atoms with van der Waals surface area (Å²) >= 11 is 0. The molecule has 3 N–H and O–H groups in total. The number of piperidine rings is 1. The van der Waals surface area contributed by atoms with Gasteiger partial charge in [-0.3, -0.25) is 14.8 Å². The monoisotopic (exact) mass is 493 g/mol. The van der Waals surface area contributed by atoms with Crippen molar-refractivity contribution < 1.29 is 28.7 Å². The number of fused-ring (bicyclic) bond motifs is 1. The number of hydrogen-bond acceptors (Lipinski definition) is 7. The van der Waals surface area contributed by atoms with Crippen molar-refractivity contribution in [1.82, 2.24) is 15.7 Å². The highest BCUT2D eigenvalue weighted by molar-refractivity contribution is 5.96. The molecule has 1 aliphatic carbocycles. The second kappa shape index (κ2) is 10.6. The Labute approximate surface area is 209 Å². The maximum absolute atomic E-state index is 12.7. The van der Waals surface area contributed by atoms with Crippen LogP contribution in [-0.2, 0) is 0 Å². The van der Waals surface area contributed by atoms with Gasteiger partial charge in [0.05, 0.1) is 6.54 Å². The van der Waals surface area contributed by atoms with E-state index in [1.54, 1.807) is 23.7 Å². The van der Waals surface area contributed by atoms with Crippen LogP contribution in [0.2, 0.25) is 0 Å². The zero-order valence-electron chi connectivity index (χ0n) is 20.2. The Morgan fingerprint density at radius 3 is 2.44 bits per heavy atom. The molecule has 1 aromatic heterocycles. The molecule has 190 valence electrons.